The van der Waals surface area contributed by atoms with Gasteiger partial charge in [0.1, 0.15) is 23.1 Å². The maximum atomic E-state index is 13.0. The van der Waals surface area contributed by atoms with Crippen LogP contribution in [0.5, 0.6) is 5.75 Å². The smallest absolute Gasteiger partial charge is 0.416 e. The molecule has 0 spiro atoms. The Morgan fingerprint density at radius 2 is 1.91 bits per heavy atom. The van der Waals surface area contributed by atoms with Gasteiger partial charge in [-0.2, -0.15) is 13.2 Å². The summed E-state index contributed by atoms with van der Waals surface area (Å²) in [5.74, 6) is 0.166. The molecule has 176 valence electrons. The molecule has 0 saturated heterocycles. The number of amides is 1. The zero-order valence-corrected chi connectivity index (χ0v) is 18.7. The molecule has 2 heterocycles. The first kappa shape index (κ1) is 22.9. The van der Waals surface area contributed by atoms with Gasteiger partial charge in [-0.05, 0) is 45.0 Å². The third kappa shape index (κ3) is 5.40. The zero-order chi connectivity index (χ0) is 23.8. The molecule has 9 heteroatoms. The summed E-state index contributed by atoms with van der Waals surface area (Å²) in [6.45, 7) is 5.72. The number of nitrogens with zero attached hydrogens (tertiary/aromatic N) is 3. The van der Waals surface area contributed by atoms with E-state index < -0.39 is 23.4 Å². The molecule has 3 aromatic rings. The van der Waals surface area contributed by atoms with Gasteiger partial charge in [-0.25, -0.2) is 9.78 Å². The van der Waals surface area contributed by atoms with E-state index in [1.165, 1.54) is 12.1 Å². The molecule has 1 amide bonds. The monoisotopic (exact) mass is 461 g/mol. The van der Waals surface area contributed by atoms with E-state index >= 15 is 0 Å². The Morgan fingerprint density at radius 1 is 1.15 bits per heavy atom. The van der Waals surface area contributed by atoms with Gasteiger partial charge in [-0.3, -0.25) is 0 Å². The first-order valence-corrected chi connectivity index (χ1v) is 10.7. The van der Waals surface area contributed by atoms with Crippen molar-refractivity contribution in [2.24, 2.45) is 0 Å². The number of halogens is 3. The Kier molecular flexibility index (Phi) is 5.99. The number of carbonyl (C=O) groups is 1. The van der Waals surface area contributed by atoms with Gasteiger partial charge < -0.3 is 18.8 Å². The predicted octanol–water partition coefficient (Wildman–Crippen LogP) is 5.70. The minimum atomic E-state index is -4.43. The van der Waals surface area contributed by atoms with E-state index in [4.69, 9.17) is 9.47 Å². The van der Waals surface area contributed by atoms with Crippen LogP contribution in [0.15, 0.2) is 55.0 Å². The van der Waals surface area contributed by atoms with Crippen molar-refractivity contribution >= 4 is 11.7 Å². The van der Waals surface area contributed by atoms with Crippen molar-refractivity contribution in [3.8, 4) is 5.75 Å². The first-order valence-electron chi connectivity index (χ1n) is 10.7. The molecule has 1 aromatic carbocycles. The number of alkyl halides is 3. The second-order valence-corrected chi connectivity index (χ2v) is 9.19. The van der Waals surface area contributed by atoms with Gasteiger partial charge in [0.2, 0.25) is 0 Å². The summed E-state index contributed by atoms with van der Waals surface area (Å²) < 4.78 is 52.2. The molecule has 0 unspecified atom stereocenters. The molecule has 1 aliphatic carbocycles. The molecule has 4 rings (SSSR count). The number of hydrogen-bond acceptors (Lipinski definition) is 4. The van der Waals surface area contributed by atoms with Crippen LogP contribution in [-0.4, -0.2) is 38.1 Å². The second kappa shape index (κ2) is 8.61. The topological polar surface area (TPSA) is 56.1 Å². The van der Waals surface area contributed by atoms with E-state index in [0.717, 1.165) is 23.3 Å². The van der Waals surface area contributed by atoms with Crippen molar-refractivity contribution in [2.45, 2.75) is 64.1 Å². The summed E-state index contributed by atoms with van der Waals surface area (Å²) in [7, 11) is 0. The van der Waals surface area contributed by atoms with Crippen LogP contribution in [0.25, 0.3) is 5.65 Å². The fourth-order valence-electron chi connectivity index (χ4n) is 3.81. The Hall–Kier alpha value is -3.23. The van der Waals surface area contributed by atoms with Gasteiger partial charge in [-0.15, -0.1) is 0 Å². The summed E-state index contributed by atoms with van der Waals surface area (Å²) >= 11 is 0. The van der Waals surface area contributed by atoms with Crippen LogP contribution < -0.4 is 4.74 Å². The highest BCUT2D eigenvalue weighted by molar-refractivity contribution is 5.69. The molecule has 6 nitrogen and oxygen atoms in total. The maximum Gasteiger partial charge on any atom is 0.416 e. The summed E-state index contributed by atoms with van der Waals surface area (Å²) in [4.78, 5) is 19.0. The van der Waals surface area contributed by atoms with E-state index in [2.05, 4.69) is 4.98 Å². The highest BCUT2D eigenvalue weighted by Gasteiger charge is 2.40. The highest BCUT2D eigenvalue weighted by Crippen LogP contribution is 2.35. The summed E-state index contributed by atoms with van der Waals surface area (Å²) in [6.07, 6.45) is 1.23. The Balaban J connectivity index is 1.47. The number of benzene rings is 1. The molecule has 0 radical (unpaired) electrons. The quantitative estimate of drug-likeness (QED) is 0.489. The number of aromatic nitrogens is 2. The van der Waals surface area contributed by atoms with E-state index in [1.54, 1.807) is 31.9 Å². The molecular weight excluding hydrogens is 435 g/mol. The van der Waals surface area contributed by atoms with Gasteiger partial charge >= 0.3 is 12.3 Å². The van der Waals surface area contributed by atoms with E-state index in [1.807, 2.05) is 28.9 Å². The number of hydrogen-bond donors (Lipinski definition) is 0. The Labute approximate surface area is 189 Å². The lowest BCUT2D eigenvalue weighted by molar-refractivity contribution is -0.137. The number of rotatable bonds is 5. The molecule has 33 heavy (non-hydrogen) atoms. The highest BCUT2D eigenvalue weighted by atomic mass is 19.4. The third-order valence-corrected chi connectivity index (χ3v) is 5.44. The van der Waals surface area contributed by atoms with Crippen LogP contribution in [0.1, 0.15) is 44.7 Å². The number of ether oxygens (including phenoxy) is 2. The molecule has 1 saturated carbocycles. The summed E-state index contributed by atoms with van der Waals surface area (Å²) in [5.41, 5.74) is 0.212. The molecule has 0 atom stereocenters. The van der Waals surface area contributed by atoms with E-state index in [0.29, 0.717) is 19.4 Å². The standard InChI is InChI=1S/C24H26F3N3O3/c1-23(2,3)33-22(31)30(15-16-6-5-10-29-11-9-28-21(16)29)18-13-20(14-18)32-19-8-4-7-17(12-19)24(25,26)27/h4-12,18,20H,13-15H2,1-3H3/t18-,20-. The zero-order valence-electron chi connectivity index (χ0n) is 18.7. The Bertz CT molecular complexity index is 1130. The van der Waals surface area contributed by atoms with E-state index in [-0.39, 0.29) is 17.9 Å². The van der Waals surface area contributed by atoms with Crippen LogP contribution >= 0.6 is 0 Å². The van der Waals surface area contributed by atoms with Gasteiger partial charge in [0.05, 0.1) is 12.1 Å². The lowest BCUT2D eigenvalue weighted by atomic mass is 9.87. The average molecular weight is 461 g/mol. The molecule has 2 aromatic heterocycles. The van der Waals surface area contributed by atoms with Crippen LogP contribution in [0.3, 0.4) is 0 Å². The number of carbonyl (C=O) groups excluding carboxylic acids is 1. The van der Waals surface area contributed by atoms with Gasteiger partial charge in [-0.1, -0.05) is 12.1 Å². The van der Waals surface area contributed by atoms with Crippen molar-refractivity contribution in [3.63, 3.8) is 0 Å². The van der Waals surface area contributed by atoms with Crippen molar-refractivity contribution < 1.29 is 27.4 Å². The van der Waals surface area contributed by atoms with Crippen molar-refractivity contribution in [2.75, 3.05) is 0 Å². The fourth-order valence-corrected chi connectivity index (χ4v) is 3.81. The minimum absolute atomic E-state index is 0.161. The molecule has 0 aliphatic heterocycles. The maximum absolute atomic E-state index is 13.0. The number of pyridine rings is 1. The normalized spacial score (nSPS) is 18.6. The lowest BCUT2D eigenvalue weighted by Gasteiger charge is -2.42. The SMILES string of the molecule is CC(C)(C)OC(=O)N(Cc1cccn2ccnc12)[C@H]1C[C@H](Oc2cccc(C(F)(F)F)c2)C1. The summed E-state index contributed by atoms with van der Waals surface area (Å²) in [6, 6.07) is 8.48. The number of fused-ring (bicyclic) bond motifs is 1. The predicted molar refractivity (Wildman–Crippen MR) is 116 cm³/mol. The van der Waals surface area contributed by atoms with Crippen LogP contribution in [0, 0.1) is 0 Å². The molecule has 0 bridgehead atoms. The van der Waals surface area contributed by atoms with Crippen molar-refractivity contribution in [1.29, 1.82) is 0 Å². The van der Waals surface area contributed by atoms with Crippen LogP contribution in [0.4, 0.5) is 18.0 Å². The van der Waals surface area contributed by atoms with Gasteiger partial charge in [0.25, 0.3) is 0 Å². The van der Waals surface area contributed by atoms with Gasteiger partial charge in [0, 0.05) is 43.0 Å². The lowest BCUT2D eigenvalue weighted by Crippen LogP contribution is -2.52. The second-order valence-electron chi connectivity index (χ2n) is 9.19. The third-order valence-electron chi connectivity index (χ3n) is 5.44. The van der Waals surface area contributed by atoms with Crippen molar-refractivity contribution in [3.05, 3.63) is 66.1 Å². The Morgan fingerprint density at radius 3 is 2.61 bits per heavy atom. The first-order chi connectivity index (χ1) is 15.5. The minimum Gasteiger partial charge on any atom is -0.490 e. The summed E-state index contributed by atoms with van der Waals surface area (Å²) in [5, 5.41) is 0. The van der Waals surface area contributed by atoms with Gasteiger partial charge in [0.15, 0.2) is 0 Å². The largest absolute Gasteiger partial charge is 0.490 e. The molecule has 0 N–H and O–H groups in total. The fraction of sp³-hybridized carbons (Fsp3) is 0.417. The molecule has 1 fully saturated rings. The van der Waals surface area contributed by atoms with Crippen LogP contribution in [-0.2, 0) is 17.5 Å². The van der Waals surface area contributed by atoms with E-state index in [9.17, 15) is 18.0 Å². The van der Waals surface area contributed by atoms with Crippen LogP contribution in [0.2, 0.25) is 0 Å². The average Bonchev–Trinajstić information content (AvgIpc) is 3.17. The number of imidazole rings is 1. The van der Waals surface area contributed by atoms with Crippen molar-refractivity contribution in [1.82, 2.24) is 14.3 Å². The molecular formula is C24H26F3N3O3. The molecule has 1 aliphatic rings.